The summed E-state index contributed by atoms with van der Waals surface area (Å²) in [4.78, 5) is 9.28. The van der Waals surface area contributed by atoms with Crippen LogP contribution in [0.3, 0.4) is 0 Å². The minimum atomic E-state index is 0.411. The normalized spacial score (nSPS) is 19.3. The number of rotatable bonds is 1. The molecule has 98 valence electrons. The van der Waals surface area contributed by atoms with Crippen molar-refractivity contribution in [3.63, 3.8) is 0 Å². The number of anilines is 1. The molecular formula is C15H17N3S. The van der Waals surface area contributed by atoms with E-state index >= 15 is 0 Å². The van der Waals surface area contributed by atoms with E-state index in [1.807, 2.05) is 13.0 Å². The highest BCUT2D eigenvalue weighted by atomic mass is 32.2. The zero-order chi connectivity index (χ0) is 13.2. The Bertz CT molecular complexity index is 636. The van der Waals surface area contributed by atoms with Gasteiger partial charge >= 0.3 is 0 Å². The minimum absolute atomic E-state index is 0.411. The largest absolute Gasteiger partial charge is 0.333 e. The van der Waals surface area contributed by atoms with Crippen molar-refractivity contribution in [2.75, 3.05) is 11.1 Å². The van der Waals surface area contributed by atoms with Gasteiger partial charge < -0.3 is 5.32 Å². The predicted molar refractivity (Wildman–Crippen MR) is 84.1 cm³/mol. The number of thioether (sulfide) groups is 1. The van der Waals surface area contributed by atoms with Gasteiger partial charge in [-0.15, -0.1) is 0 Å². The number of hydrogen-bond donors (Lipinski definition) is 1. The van der Waals surface area contributed by atoms with Gasteiger partial charge in [-0.25, -0.2) is 0 Å². The smallest absolute Gasteiger partial charge is 0.161 e. The number of aryl methyl sites for hydroxylation is 1. The van der Waals surface area contributed by atoms with E-state index in [1.165, 1.54) is 0 Å². The van der Waals surface area contributed by atoms with Crippen molar-refractivity contribution in [3.8, 4) is 0 Å². The summed E-state index contributed by atoms with van der Waals surface area (Å²) in [6, 6.07) is 10.8. The number of fused-ring (bicyclic) bond motifs is 1. The van der Waals surface area contributed by atoms with Crippen molar-refractivity contribution < 1.29 is 0 Å². The van der Waals surface area contributed by atoms with Gasteiger partial charge in [0.2, 0.25) is 0 Å². The van der Waals surface area contributed by atoms with Crippen LogP contribution in [0.4, 0.5) is 5.69 Å². The maximum atomic E-state index is 4.65. The molecule has 0 amide bonds. The first-order chi connectivity index (χ1) is 9.22. The van der Waals surface area contributed by atoms with Crippen molar-refractivity contribution in [2.45, 2.75) is 26.3 Å². The summed E-state index contributed by atoms with van der Waals surface area (Å²) in [7, 11) is 0. The SMILES string of the molecule is Cc1ccc2cccc(NC3=NC(C)CCS3)c2n1. The van der Waals surface area contributed by atoms with E-state index in [9.17, 15) is 0 Å². The van der Waals surface area contributed by atoms with Crippen molar-refractivity contribution in [2.24, 2.45) is 4.99 Å². The summed E-state index contributed by atoms with van der Waals surface area (Å²) >= 11 is 1.79. The molecule has 0 spiro atoms. The van der Waals surface area contributed by atoms with Gasteiger partial charge in [0.15, 0.2) is 5.17 Å². The first-order valence-electron chi connectivity index (χ1n) is 6.56. The molecule has 1 aliphatic rings. The monoisotopic (exact) mass is 271 g/mol. The maximum absolute atomic E-state index is 4.65. The van der Waals surface area contributed by atoms with Crippen LogP contribution in [0.15, 0.2) is 35.3 Å². The molecule has 2 heterocycles. The Balaban J connectivity index is 1.98. The van der Waals surface area contributed by atoms with Crippen LogP contribution in [-0.4, -0.2) is 21.9 Å². The Labute approximate surface area is 117 Å². The van der Waals surface area contributed by atoms with Gasteiger partial charge in [-0.3, -0.25) is 9.98 Å². The first kappa shape index (κ1) is 12.5. The highest BCUT2D eigenvalue weighted by Gasteiger charge is 2.13. The number of benzene rings is 1. The van der Waals surface area contributed by atoms with Crippen molar-refractivity contribution in [3.05, 3.63) is 36.0 Å². The average molecular weight is 271 g/mol. The summed E-state index contributed by atoms with van der Waals surface area (Å²) < 4.78 is 0. The number of nitrogens with zero attached hydrogens (tertiary/aromatic N) is 2. The van der Waals surface area contributed by atoms with Crippen LogP contribution in [-0.2, 0) is 0 Å². The molecule has 0 bridgehead atoms. The third-order valence-electron chi connectivity index (χ3n) is 3.21. The summed E-state index contributed by atoms with van der Waals surface area (Å²) in [6.45, 7) is 4.18. The Morgan fingerprint density at radius 1 is 1.26 bits per heavy atom. The van der Waals surface area contributed by atoms with E-state index in [-0.39, 0.29) is 0 Å². The lowest BCUT2D eigenvalue weighted by molar-refractivity contribution is 0.720. The Hall–Kier alpha value is -1.55. The van der Waals surface area contributed by atoms with Crippen LogP contribution in [0, 0.1) is 6.92 Å². The fourth-order valence-corrected chi connectivity index (χ4v) is 3.25. The summed E-state index contributed by atoms with van der Waals surface area (Å²) in [5.74, 6) is 1.13. The third kappa shape index (κ3) is 2.73. The van der Waals surface area contributed by atoms with Gasteiger partial charge in [0.25, 0.3) is 0 Å². The molecule has 1 aromatic carbocycles. The molecule has 1 atom stereocenters. The third-order valence-corrected chi connectivity index (χ3v) is 4.13. The van der Waals surface area contributed by atoms with Crippen molar-refractivity contribution in [1.82, 2.24) is 4.98 Å². The minimum Gasteiger partial charge on any atom is -0.333 e. The van der Waals surface area contributed by atoms with Gasteiger partial charge in [0.05, 0.1) is 17.2 Å². The molecule has 1 aromatic heterocycles. The van der Waals surface area contributed by atoms with Gasteiger partial charge in [0, 0.05) is 16.8 Å². The number of aromatic nitrogens is 1. The van der Waals surface area contributed by atoms with E-state index in [0.717, 1.165) is 39.6 Å². The van der Waals surface area contributed by atoms with Gasteiger partial charge in [0.1, 0.15) is 0 Å². The van der Waals surface area contributed by atoms with Crippen molar-refractivity contribution >= 4 is 33.5 Å². The van der Waals surface area contributed by atoms with Crippen LogP contribution in [0.25, 0.3) is 10.9 Å². The quantitative estimate of drug-likeness (QED) is 0.856. The Kier molecular flexibility index (Phi) is 3.42. The number of para-hydroxylation sites is 1. The molecule has 0 saturated carbocycles. The van der Waals surface area contributed by atoms with Crippen molar-refractivity contribution in [1.29, 1.82) is 0 Å². The fraction of sp³-hybridized carbons (Fsp3) is 0.333. The molecule has 3 rings (SSSR count). The molecule has 1 aliphatic heterocycles. The molecule has 1 N–H and O–H groups in total. The topological polar surface area (TPSA) is 37.3 Å². The highest BCUT2D eigenvalue weighted by Crippen LogP contribution is 2.25. The fourth-order valence-electron chi connectivity index (χ4n) is 2.16. The zero-order valence-corrected chi connectivity index (χ0v) is 12.0. The van der Waals surface area contributed by atoms with Gasteiger partial charge in [-0.2, -0.15) is 0 Å². The molecule has 0 aliphatic carbocycles. The molecular weight excluding hydrogens is 254 g/mol. The van der Waals surface area contributed by atoms with Gasteiger partial charge in [-0.05, 0) is 32.4 Å². The van der Waals surface area contributed by atoms with Crippen LogP contribution in [0.2, 0.25) is 0 Å². The van der Waals surface area contributed by atoms with Crippen LogP contribution in [0.1, 0.15) is 19.0 Å². The molecule has 19 heavy (non-hydrogen) atoms. The highest BCUT2D eigenvalue weighted by molar-refractivity contribution is 8.14. The Morgan fingerprint density at radius 3 is 3.00 bits per heavy atom. The lowest BCUT2D eigenvalue weighted by Gasteiger charge is -2.18. The second-order valence-corrected chi connectivity index (χ2v) is 5.96. The lowest BCUT2D eigenvalue weighted by atomic mass is 10.2. The summed E-state index contributed by atoms with van der Waals surface area (Å²) in [5, 5.41) is 5.60. The second-order valence-electron chi connectivity index (χ2n) is 4.88. The predicted octanol–water partition coefficient (Wildman–Crippen LogP) is 3.84. The standard InChI is InChI=1S/C15H17N3S/c1-10-6-7-12-4-3-5-13(14(12)16-10)18-15-17-11(2)8-9-19-15/h3-7,11H,8-9H2,1-2H3,(H,17,18). The maximum Gasteiger partial charge on any atom is 0.161 e. The van der Waals surface area contributed by atoms with E-state index < -0.39 is 0 Å². The van der Waals surface area contributed by atoms with E-state index in [1.54, 1.807) is 11.8 Å². The lowest BCUT2D eigenvalue weighted by Crippen LogP contribution is -2.18. The second kappa shape index (κ2) is 5.21. The first-order valence-corrected chi connectivity index (χ1v) is 7.55. The number of pyridine rings is 1. The number of aliphatic imine (C=N–C) groups is 1. The molecule has 4 heteroatoms. The van der Waals surface area contributed by atoms with Crippen LogP contribution < -0.4 is 5.32 Å². The number of hydrogen-bond acceptors (Lipinski definition) is 4. The molecule has 0 saturated heterocycles. The molecule has 0 radical (unpaired) electrons. The molecule has 2 aromatic rings. The molecule has 1 unspecified atom stereocenters. The number of nitrogens with one attached hydrogen (secondary N) is 1. The van der Waals surface area contributed by atoms with Gasteiger partial charge in [-0.1, -0.05) is 30.0 Å². The van der Waals surface area contributed by atoms with Crippen LogP contribution in [0.5, 0.6) is 0 Å². The van der Waals surface area contributed by atoms with Crippen LogP contribution >= 0.6 is 11.8 Å². The van der Waals surface area contributed by atoms with E-state index in [2.05, 4.69) is 46.5 Å². The Morgan fingerprint density at radius 2 is 2.16 bits per heavy atom. The number of amidine groups is 1. The average Bonchev–Trinajstić information content (AvgIpc) is 2.39. The molecule has 0 fully saturated rings. The molecule has 3 nitrogen and oxygen atoms in total. The summed E-state index contributed by atoms with van der Waals surface area (Å²) in [5.41, 5.74) is 3.10. The summed E-state index contributed by atoms with van der Waals surface area (Å²) in [6.07, 6.45) is 1.16. The van der Waals surface area contributed by atoms with E-state index in [4.69, 9.17) is 0 Å². The zero-order valence-electron chi connectivity index (χ0n) is 11.2. The van der Waals surface area contributed by atoms with E-state index in [0.29, 0.717) is 6.04 Å².